The molecule has 0 saturated carbocycles. The van der Waals surface area contributed by atoms with Crippen molar-refractivity contribution in [2.75, 3.05) is 0 Å². The molecule has 0 fully saturated rings. The van der Waals surface area contributed by atoms with Gasteiger partial charge in [0.2, 0.25) is 0 Å². The summed E-state index contributed by atoms with van der Waals surface area (Å²) < 4.78 is 1.90. The Morgan fingerprint density at radius 3 is 2.50 bits per heavy atom. The minimum absolute atomic E-state index is 0.0630. The van der Waals surface area contributed by atoms with Gasteiger partial charge in [-0.3, -0.25) is 0 Å². The maximum Gasteiger partial charge on any atom is 0.120 e. The summed E-state index contributed by atoms with van der Waals surface area (Å²) in [4.78, 5) is 0. The average Bonchev–Trinajstić information content (AvgIpc) is 2.79. The van der Waals surface area contributed by atoms with Crippen LogP contribution in [0.15, 0.2) is 42.6 Å². The van der Waals surface area contributed by atoms with Crippen LogP contribution in [0.3, 0.4) is 0 Å². The van der Waals surface area contributed by atoms with Gasteiger partial charge < -0.3 is 10.3 Å². The molecule has 0 aliphatic carbocycles. The Hall–Kier alpha value is -1.76. The Bertz CT molecular complexity index is 563. The lowest BCUT2D eigenvalue weighted by molar-refractivity contribution is 0.494. The highest BCUT2D eigenvalue weighted by Gasteiger charge is 2.19. The predicted molar refractivity (Wildman–Crippen MR) is 72.4 cm³/mol. The van der Waals surface area contributed by atoms with Gasteiger partial charge in [-0.25, -0.2) is 0 Å². The molecule has 0 spiro atoms. The zero-order valence-electron chi connectivity index (χ0n) is 10.0. The normalized spacial score (nSPS) is 13.9. The number of hydrogen-bond acceptors (Lipinski definition) is 2. The number of nitriles is 1. The molecule has 0 radical (unpaired) electrons. The number of halogens is 1. The first kappa shape index (κ1) is 12.7. The highest BCUT2D eigenvalue weighted by molar-refractivity contribution is 6.30. The van der Waals surface area contributed by atoms with E-state index in [2.05, 4.69) is 6.07 Å². The Balaban J connectivity index is 2.47. The molecule has 2 N–H and O–H groups in total. The van der Waals surface area contributed by atoms with E-state index in [4.69, 9.17) is 22.6 Å². The third kappa shape index (κ3) is 2.40. The lowest BCUT2D eigenvalue weighted by Crippen LogP contribution is -2.30. The molecule has 3 nitrogen and oxygen atoms in total. The maximum atomic E-state index is 9.10. The molecule has 0 bridgehead atoms. The van der Waals surface area contributed by atoms with Gasteiger partial charge in [-0.1, -0.05) is 23.7 Å². The van der Waals surface area contributed by atoms with Crippen LogP contribution in [-0.4, -0.2) is 10.6 Å². The van der Waals surface area contributed by atoms with Gasteiger partial charge in [0, 0.05) is 17.3 Å². The van der Waals surface area contributed by atoms with Crippen LogP contribution in [0.1, 0.15) is 24.2 Å². The van der Waals surface area contributed by atoms with Crippen LogP contribution in [0.4, 0.5) is 0 Å². The van der Waals surface area contributed by atoms with Gasteiger partial charge in [-0.2, -0.15) is 5.26 Å². The van der Waals surface area contributed by atoms with Gasteiger partial charge in [-0.05, 0) is 36.8 Å². The van der Waals surface area contributed by atoms with Crippen LogP contribution in [0, 0.1) is 11.3 Å². The molecule has 0 amide bonds. The Kier molecular flexibility index (Phi) is 3.71. The predicted octanol–water partition coefficient (Wildman–Crippen LogP) is 2.95. The van der Waals surface area contributed by atoms with Crippen molar-refractivity contribution in [1.82, 2.24) is 4.57 Å². The molecule has 2 rings (SSSR count). The van der Waals surface area contributed by atoms with Crippen molar-refractivity contribution in [3.8, 4) is 6.07 Å². The van der Waals surface area contributed by atoms with Gasteiger partial charge in [0.15, 0.2) is 0 Å². The monoisotopic (exact) mass is 259 g/mol. The number of rotatable bonds is 3. The van der Waals surface area contributed by atoms with Crippen LogP contribution >= 0.6 is 11.6 Å². The molecular formula is C14H14ClN3. The molecule has 2 unspecified atom stereocenters. The fourth-order valence-corrected chi connectivity index (χ4v) is 2.23. The van der Waals surface area contributed by atoms with Crippen molar-refractivity contribution in [3.63, 3.8) is 0 Å². The molecule has 0 saturated heterocycles. The number of nitrogens with zero attached hydrogens (tertiary/aromatic N) is 2. The first-order valence-corrected chi connectivity index (χ1v) is 6.09. The van der Waals surface area contributed by atoms with E-state index in [0.717, 1.165) is 5.56 Å². The topological polar surface area (TPSA) is 54.7 Å². The van der Waals surface area contributed by atoms with E-state index in [1.807, 2.05) is 48.0 Å². The minimum atomic E-state index is -0.106. The third-order valence-corrected chi connectivity index (χ3v) is 3.15. The van der Waals surface area contributed by atoms with Gasteiger partial charge in [0.05, 0.1) is 6.04 Å². The Morgan fingerprint density at radius 1 is 1.28 bits per heavy atom. The van der Waals surface area contributed by atoms with Crippen LogP contribution in [0.25, 0.3) is 0 Å². The second-order valence-corrected chi connectivity index (χ2v) is 4.70. The summed E-state index contributed by atoms with van der Waals surface area (Å²) in [6.07, 6.45) is 1.88. The van der Waals surface area contributed by atoms with E-state index in [-0.39, 0.29) is 12.1 Å². The molecule has 92 valence electrons. The molecule has 0 aliphatic rings. The zero-order chi connectivity index (χ0) is 13.1. The van der Waals surface area contributed by atoms with E-state index >= 15 is 0 Å². The average molecular weight is 260 g/mol. The highest BCUT2D eigenvalue weighted by Crippen LogP contribution is 2.24. The highest BCUT2D eigenvalue weighted by atomic mass is 35.5. The first-order chi connectivity index (χ1) is 8.63. The zero-order valence-corrected chi connectivity index (χ0v) is 10.8. The Labute approximate surface area is 111 Å². The molecule has 1 aromatic carbocycles. The van der Waals surface area contributed by atoms with Crippen molar-refractivity contribution in [2.24, 2.45) is 5.73 Å². The van der Waals surface area contributed by atoms with Crippen molar-refractivity contribution >= 4 is 11.6 Å². The van der Waals surface area contributed by atoms with E-state index in [0.29, 0.717) is 10.7 Å². The standard InChI is InChI=1S/C14H14ClN3/c1-10(17)14(11-4-6-12(15)7-5-11)18-8-2-3-13(18)9-16/h2-8,10,14H,17H2,1H3. The summed E-state index contributed by atoms with van der Waals surface area (Å²) >= 11 is 5.89. The fraction of sp³-hybridized carbons (Fsp3) is 0.214. The van der Waals surface area contributed by atoms with Gasteiger partial charge >= 0.3 is 0 Å². The largest absolute Gasteiger partial charge is 0.330 e. The lowest BCUT2D eigenvalue weighted by Gasteiger charge is -2.24. The number of benzene rings is 1. The molecule has 1 heterocycles. The molecule has 4 heteroatoms. The minimum Gasteiger partial charge on any atom is -0.330 e. The van der Waals surface area contributed by atoms with Gasteiger partial charge in [-0.15, -0.1) is 0 Å². The molecular weight excluding hydrogens is 246 g/mol. The Morgan fingerprint density at radius 2 is 1.94 bits per heavy atom. The lowest BCUT2D eigenvalue weighted by atomic mass is 10.0. The molecule has 1 aromatic heterocycles. The third-order valence-electron chi connectivity index (χ3n) is 2.90. The quantitative estimate of drug-likeness (QED) is 0.921. The summed E-state index contributed by atoms with van der Waals surface area (Å²) in [6.45, 7) is 1.93. The van der Waals surface area contributed by atoms with E-state index in [1.165, 1.54) is 0 Å². The molecule has 2 atom stereocenters. The maximum absolute atomic E-state index is 9.10. The van der Waals surface area contributed by atoms with Crippen molar-refractivity contribution in [3.05, 3.63) is 58.9 Å². The summed E-state index contributed by atoms with van der Waals surface area (Å²) in [5.41, 5.74) is 7.71. The van der Waals surface area contributed by atoms with E-state index < -0.39 is 0 Å². The summed E-state index contributed by atoms with van der Waals surface area (Å²) in [6, 6.07) is 13.2. The summed E-state index contributed by atoms with van der Waals surface area (Å²) in [5.74, 6) is 0. The summed E-state index contributed by atoms with van der Waals surface area (Å²) in [7, 11) is 0. The van der Waals surface area contributed by atoms with E-state index in [1.54, 1.807) is 6.07 Å². The first-order valence-electron chi connectivity index (χ1n) is 5.71. The van der Waals surface area contributed by atoms with Gasteiger partial charge in [0.1, 0.15) is 11.8 Å². The van der Waals surface area contributed by atoms with Crippen LogP contribution in [0.2, 0.25) is 5.02 Å². The smallest absolute Gasteiger partial charge is 0.120 e. The molecule has 2 aromatic rings. The van der Waals surface area contributed by atoms with Crippen molar-refractivity contribution in [1.29, 1.82) is 5.26 Å². The molecule has 18 heavy (non-hydrogen) atoms. The number of aromatic nitrogens is 1. The van der Waals surface area contributed by atoms with Crippen LogP contribution in [0.5, 0.6) is 0 Å². The second kappa shape index (κ2) is 5.26. The van der Waals surface area contributed by atoms with Gasteiger partial charge in [0.25, 0.3) is 0 Å². The SMILES string of the molecule is CC(N)C(c1ccc(Cl)cc1)n1cccc1C#N. The number of hydrogen-bond donors (Lipinski definition) is 1. The van der Waals surface area contributed by atoms with E-state index in [9.17, 15) is 0 Å². The van der Waals surface area contributed by atoms with Crippen molar-refractivity contribution < 1.29 is 0 Å². The second-order valence-electron chi connectivity index (χ2n) is 4.27. The summed E-state index contributed by atoms with van der Waals surface area (Å²) in [5, 5.41) is 9.79. The fourth-order valence-electron chi connectivity index (χ4n) is 2.11. The van der Waals surface area contributed by atoms with Crippen LogP contribution in [-0.2, 0) is 0 Å². The number of nitrogens with two attached hydrogens (primary N) is 1. The van der Waals surface area contributed by atoms with Crippen molar-refractivity contribution in [2.45, 2.75) is 19.0 Å². The molecule has 0 aliphatic heterocycles. The van der Waals surface area contributed by atoms with Crippen LogP contribution < -0.4 is 5.73 Å².